The molecule has 1 aromatic rings. The summed E-state index contributed by atoms with van der Waals surface area (Å²) in [6.45, 7) is 1.22. The molecule has 0 saturated heterocycles. The first-order chi connectivity index (χ1) is 8.81. The lowest BCUT2D eigenvalue weighted by Crippen LogP contribution is -2.27. The highest BCUT2D eigenvalue weighted by molar-refractivity contribution is 5.94. The van der Waals surface area contributed by atoms with Crippen molar-refractivity contribution >= 4 is 5.91 Å². The highest BCUT2D eigenvalue weighted by Gasteiger charge is 2.13. The van der Waals surface area contributed by atoms with E-state index in [0.29, 0.717) is 19.8 Å². The van der Waals surface area contributed by atoms with Gasteiger partial charge in [0, 0.05) is 12.1 Å². The van der Waals surface area contributed by atoms with Gasteiger partial charge < -0.3 is 15.2 Å². The van der Waals surface area contributed by atoms with E-state index in [1.165, 1.54) is 17.5 Å². The van der Waals surface area contributed by atoms with Crippen molar-refractivity contribution in [2.75, 3.05) is 26.4 Å². The summed E-state index contributed by atoms with van der Waals surface area (Å²) in [7, 11) is 0. The van der Waals surface area contributed by atoms with E-state index in [0.717, 1.165) is 18.4 Å². The molecule has 0 bridgehead atoms. The third-order valence-electron chi connectivity index (χ3n) is 3.13. The van der Waals surface area contributed by atoms with E-state index in [1.807, 2.05) is 12.1 Å². The van der Waals surface area contributed by atoms with E-state index in [4.69, 9.17) is 9.84 Å². The van der Waals surface area contributed by atoms with Gasteiger partial charge in [-0.15, -0.1) is 0 Å². The molecular formula is C14H19NO3. The summed E-state index contributed by atoms with van der Waals surface area (Å²) in [5, 5.41) is 11.3. The Kier molecular flexibility index (Phi) is 4.73. The van der Waals surface area contributed by atoms with Gasteiger partial charge in [0.05, 0.1) is 19.8 Å². The smallest absolute Gasteiger partial charge is 0.251 e. The molecule has 0 spiro atoms. The van der Waals surface area contributed by atoms with Gasteiger partial charge >= 0.3 is 0 Å². The van der Waals surface area contributed by atoms with Gasteiger partial charge in [0.15, 0.2) is 0 Å². The summed E-state index contributed by atoms with van der Waals surface area (Å²) in [4.78, 5) is 11.9. The van der Waals surface area contributed by atoms with Crippen molar-refractivity contribution in [2.24, 2.45) is 0 Å². The minimum Gasteiger partial charge on any atom is -0.394 e. The van der Waals surface area contributed by atoms with Crippen LogP contribution in [0.2, 0.25) is 0 Å². The van der Waals surface area contributed by atoms with E-state index in [2.05, 4.69) is 11.4 Å². The number of carbonyl (C=O) groups excluding carboxylic acids is 1. The number of aliphatic hydroxyl groups excluding tert-OH is 1. The zero-order valence-corrected chi connectivity index (χ0v) is 10.4. The van der Waals surface area contributed by atoms with Crippen LogP contribution in [-0.2, 0) is 17.6 Å². The van der Waals surface area contributed by atoms with E-state index in [1.54, 1.807) is 0 Å². The van der Waals surface area contributed by atoms with Crippen LogP contribution >= 0.6 is 0 Å². The number of benzene rings is 1. The second-order valence-corrected chi connectivity index (χ2v) is 4.43. The molecule has 1 aromatic carbocycles. The van der Waals surface area contributed by atoms with Crippen LogP contribution in [0.5, 0.6) is 0 Å². The van der Waals surface area contributed by atoms with Crippen LogP contribution in [0.15, 0.2) is 18.2 Å². The predicted molar refractivity (Wildman–Crippen MR) is 68.7 cm³/mol. The molecule has 0 aliphatic heterocycles. The maximum absolute atomic E-state index is 11.9. The van der Waals surface area contributed by atoms with Crippen molar-refractivity contribution in [1.82, 2.24) is 5.32 Å². The maximum atomic E-state index is 11.9. The minimum absolute atomic E-state index is 0.0127. The Morgan fingerprint density at radius 3 is 2.94 bits per heavy atom. The average molecular weight is 249 g/mol. The second-order valence-electron chi connectivity index (χ2n) is 4.43. The van der Waals surface area contributed by atoms with Crippen molar-refractivity contribution in [3.8, 4) is 0 Å². The van der Waals surface area contributed by atoms with Gasteiger partial charge in [-0.2, -0.15) is 0 Å². The predicted octanol–water partition coefficient (Wildman–Crippen LogP) is 0.914. The Balaban J connectivity index is 1.82. The van der Waals surface area contributed by atoms with Crippen molar-refractivity contribution in [3.05, 3.63) is 34.9 Å². The average Bonchev–Trinajstić information content (AvgIpc) is 2.85. The second kappa shape index (κ2) is 6.52. The molecule has 4 nitrogen and oxygen atoms in total. The number of aryl methyl sites for hydroxylation is 2. The Bertz CT molecular complexity index is 418. The molecule has 0 saturated carbocycles. The molecule has 1 aliphatic rings. The fraction of sp³-hybridized carbons (Fsp3) is 0.500. The summed E-state index contributed by atoms with van der Waals surface area (Å²) in [5.41, 5.74) is 3.40. The number of fused-ring (bicyclic) bond motifs is 1. The van der Waals surface area contributed by atoms with Crippen molar-refractivity contribution in [1.29, 1.82) is 0 Å². The number of ether oxygens (including phenoxy) is 1. The van der Waals surface area contributed by atoms with Gasteiger partial charge in [-0.1, -0.05) is 6.07 Å². The lowest BCUT2D eigenvalue weighted by Gasteiger charge is -2.07. The molecule has 0 unspecified atom stereocenters. The molecule has 0 heterocycles. The van der Waals surface area contributed by atoms with Crippen LogP contribution in [0.3, 0.4) is 0 Å². The Morgan fingerprint density at radius 1 is 1.28 bits per heavy atom. The lowest BCUT2D eigenvalue weighted by molar-refractivity contribution is 0.0838. The van der Waals surface area contributed by atoms with Gasteiger partial charge in [0.2, 0.25) is 0 Å². The summed E-state index contributed by atoms with van der Waals surface area (Å²) in [5.74, 6) is -0.0581. The molecule has 2 N–H and O–H groups in total. The topological polar surface area (TPSA) is 58.6 Å². The van der Waals surface area contributed by atoms with E-state index >= 15 is 0 Å². The largest absolute Gasteiger partial charge is 0.394 e. The summed E-state index contributed by atoms with van der Waals surface area (Å²) >= 11 is 0. The number of amides is 1. The highest BCUT2D eigenvalue weighted by Crippen LogP contribution is 2.22. The Hall–Kier alpha value is -1.39. The highest BCUT2D eigenvalue weighted by atomic mass is 16.5. The molecule has 98 valence electrons. The maximum Gasteiger partial charge on any atom is 0.251 e. The third-order valence-corrected chi connectivity index (χ3v) is 3.13. The third kappa shape index (κ3) is 3.31. The number of hydrogen-bond acceptors (Lipinski definition) is 3. The van der Waals surface area contributed by atoms with Gasteiger partial charge in [-0.3, -0.25) is 4.79 Å². The fourth-order valence-corrected chi connectivity index (χ4v) is 2.22. The summed E-state index contributed by atoms with van der Waals surface area (Å²) in [6.07, 6.45) is 3.40. The van der Waals surface area contributed by atoms with E-state index < -0.39 is 0 Å². The van der Waals surface area contributed by atoms with Crippen LogP contribution in [0.25, 0.3) is 0 Å². The quantitative estimate of drug-likeness (QED) is 0.737. The number of hydrogen-bond donors (Lipinski definition) is 2. The van der Waals surface area contributed by atoms with Gasteiger partial charge in [-0.25, -0.2) is 0 Å². The van der Waals surface area contributed by atoms with E-state index in [-0.39, 0.29) is 12.5 Å². The molecule has 0 atom stereocenters. The lowest BCUT2D eigenvalue weighted by atomic mass is 10.1. The van der Waals surface area contributed by atoms with Gasteiger partial charge in [0.25, 0.3) is 5.91 Å². The number of rotatable bonds is 6. The number of carbonyl (C=O) groups is 1. The van der Waals surface area contributed by atoms with Gasteiger partial charge in [0.1, 0.15) is 0 Å². The normalized spacial score (nSPS) is 13.4. The summed E-state index contributed by atoms with van der Waals surface area (Å²) in [6, 6.07) is 5.93. The molecule has 0 radical (unpaired) electrons. The SMILES string of the molecule is O=C(NCCOCCO)c1ccc2c(c1)CCC2. The monoisotopic (exact) mass is 249 g/mol. The van der Waals surface area contributed by atoms with Crippen LogP contribution in [0, 0.1) is 0 Å². The molecule has 1 amide bonds. The minimum atomic E-state index is -0.0581. The molecule has 4 heteroatoms. The van der Waals surface area contributed by atoms with Crippen LogP contribution in [0.1, 0.15) is 27.9 Å². The number of aliphatic hydroxyl groups is 1. The van der Waals surface area contributed by atoms with Crippen molar-refractivity contribution in [2.45, 2.75) is 19.3 Å². The molecule has 0 fully saturated rings. The first kappa shape index (κ1) is 13.1. The molecule has 18 heavy (non-hydrogen) atoms. The molecule has 0 aromatic heterocycles. The van der Waals surface area contributed by atoms with Gasteiger partial charge in [-0.05, 0) is 42.5 Å². The van der Waals surface area contributed by atoms with Crippen molar-refractivity contribution < 1.29 is 14.6 Å². The molecule has 2 rings (SSSR count). The van der Waals surface area contributed by atoms with Crippen LogP contribution in [0.4, 0.5) is 0 Å². The standard InChI is InChI=1S/C14H19NO3/c16-7-9-18-8-6-15-14(17)13-5-4-11-2-1-3-12(11)10-13/h4-5,10,16H,1-3,6-9H2,(H,15,17). The van der Waals surface area contributed by atoms with Crippen molar-refractivity contribution in [3.63, 3.8) is 0 Å². The number of nitrogens with one attached hydrogen (secondary N) is 1. The first-order valence-corrected chi connectivity index (χ1v) is 6.40. The molecule has 1 aliphatic carbocycles. The van der Waals surface area contributed by atoms with Crippen LogP contribution < -0.4 is 5.32 Å². The fourth-order valence-electron chi connectivity index (χ4n) is 2.22. The first-order valence-electron chi connectivity index (χ1n) is 6.40. The Labute approximate surface area is 107 Å². The Morgan fingerprint density at radius 2 is 2.11 bits per heavy atom. The zero-order chi connectivity index (χ0) is 12.8. The van der Waals surface area contributed by atoms with Crippen LogP contribution in [-0.4, -0.2) is 37.4 Å². The molecular weight excluding hydrogens is 230 g/mol. The van der Waals surface area contributed by atoms with E-state index in [9.17, 15) is 4.79 Å². The zero-order valence-electron chi connectivity index (χ0n) is 10.4. The summed E-state index contributed by atoms with van der Waals surface area (Å²) < 4.78 is 5.08.